The molecule has 3 aromatic rings. The fourth-order valence-electron chi connectivity index (χ4n) is 4.10. The Bertz CT molecular complexity index is 1030. The Balaban J connectivity index is 1.39. The number of likely N-dealkylation sites (tertiary alicyclic amines) is 1. The lowest BCUT2D eigenvalue weighted by Gasteiger charge is -2.26. The van der Waals surface area contributed by atoms with Gasteiger partial charge in [0.15, 0.2) is 0 Å². The highest BCUT2D eigenvalue weighted by Gasteiger charge is 2.30. The van der Waals surface area contributed by atoms with Gasteiger partial charge in [0.1, 0.15) is 5.75 Å². The minimum absolute atomic E-state index is 0.0533. The van der Waals surface area contributed by atoms with Crippen molar-refractivity contribution in [2.24, 2.45) is 7.05 Å². The second-order valence-corrected chi connectivity index (χ2v) is 7.99. The highest BCUT2D eigenvalue weighted by molar-refractivity contribution is 5.77. The minimum Gasteiger partial charge on any atom is -0.497 e. The van der Waals surface area contributed by atoms with Crippen molar-refractivity contribution in [3.05, 3.63) is 60.7 Å². The van der Waals surface area contributed by atoms with Crippen LogP contribution in [-0.2, 0) is 11.8 Å². The molecule has 1 saturated heterocycles. The summed E-state index contributed by atoms with van der Waals surface area (Å²) in [5.41, 5.74) is 4.08. The molecule has 2 aromatic heterocycles. The summed E-state index contributed by atoms with van der Waals surface area (Å²) in [7, 11) is 5.56. The molecule has 0 aliphatic carbocycles. The summed E-state index contributed by atoms with van der Waals surface area (Å²) in [6.07, 6.45) is 8.12. The zero-order chi connectivity index (χ0) is 21.8. The van der Waals surface area contributed by atoms with E-state index in [4.69, 9.17) is 4.74 Å². The van der Waals surface area contributed by atoms with E-state index < -0.39 is 0 Å². The second-order valence-electron chi connectivity index (χ2n) is 7.99. The van der Waals surface area contributed by atoms with Gasteiger partial charge in [-0.3, -0.25) is 14.5 Å². The Hall–Kier alpha value is -3.35. The van der Waals surface area contributed by atoms with Crippen molar-refractivity contribution in [3.8, 4) is 16.9 Å². The number of aromatic nitrogens is 3. The van der Waals surface area contributed by atoms with Crippen LogP contribution in [0.1, 0.15) is 31.0 Å². The first-order valence-corrected chi connectivity index (χ1v) is 10.6. The number of pyridine rings is 1. The Morgan fingerprint density at radius 1 is 1.23 bits per heavy atom. The highest BCUT2D eigenvalue weighted by atomic mass is 16.5. The molecule has 0 spiro atoms. The smallest absolute Gasteiger partial charge is 0.224 e. The lowest BCUT2D eigenvalue weighted by Crippen LogP contribution is -2.33. The van der Waals surface area contributed by atoms with Crippen LogP contribution in [0.15, 0.2) is 55.0 Å². The molecule has 1 aromatic carbocycles. The Morgan fingerprint density at radius 3 is 2.81 bits per heavy atom. The number of methoxy groups -OCH3 is 1. The van der Waals surface area contributed by atoms with Gasteiger partial charge in [-0.2, -0.15) is 5.10 Å². The molecule has 31 heavy (non-hydrogen) atoms. The number of hydrogen-bond acceptors (Lipinski definition) is 5. The minimum atomic E-state index is 0.0533. The van der Waals surface area contributed by atoms with E-state index in [-0.39, 0.29) is 11.9 Å². The van der Waals surface area contributed by atoms with E-state index in [1.54, 1.807) is 11.8 Å². The van der Waals surface area contributed by atoms with E-state index in [1.165, 1.54) is 0 Å². The molecule has 1 aliphatic rings. The summed E-state index contributed by atoms with van der Waals surface area (Å²) in [6.45, 7) is 1.45. The van der Waals surface area contributed by atoms with Crippen molar-refractivity contribution in [2.45, 2.75) is 25.3 Å². The van der Waals surface area contributed by atoms with Crippen LogP contribution in [-0.4, -0.2) is 52.8 Å². The lowest BCUT2D eigenvalue weighted by molar-refractivity contribution is -0.132. The van der Waals surface area contributed by atoms with Crippen LogP contribution >= 0.6 is 0 Å². The predicted octanol–water partition coefficient (Wildman–Crippen LogP) is 3.68. The molecular weight excluding hydrogens is 390 g/mol. The third-order valence-corrected chi connectivity index (χ3v) is 5.89. The topological polar surface area (TPSA) is 63.5 Å². The number of anilines is 1. The van der Waals surface area contributed by atoms with Gasteiger partial charge >= 0.3 is 0 Å². The van der Waals surface area contributed by atoms with E-state index in [0.29, 0.717) is 13.0 Å². The number of nitrogens with zero attached hydrogens (tertiary/aromatic N) is 5. The number of amides is 1. The van der Waals surface area contributed by atoms with E-state index in [1.807, 2.05) is 67.9 Å². The van der Waals surface area contributed by atoms with Crippen LogP contribution in [0, 0.1) is 0 Å². The Labute approximate surface area is 183 Å². The molecule has 1 aliphatic heterocycles. The third kappa shape index (κ3) is 4.71. The Kier molecular flexibility index (Phi) is 6.21. The van der Waals surface area contributed by atoms with Gasteiger partial charge < -0.3 is 14.5 Å². The molecule has 0 saturated carbocycles. The SMILES string of the molecule is COc1cccc(N(C)CCC(=O)N2CCC[C@H]2c2ccc(-c3cnn(C)c3)cn2)c1. The molecule has 0 unspecified atom stereocenters. The van der Waals surface area contributed by atoms with Gasteiger partial charge in [-0.05, 0) is 31.0 Å². The summed E-state index contributed by atoms with van der Waals surface area (Å²) in [4.78, 5) is 21.8. The van der Waals surface area contributed by atoms with Crippen molar-refractivity contribution < 1.29 is 9.53 Å². The molecule has 0 N–H and O–H groups in total. The number of aryl methyl sites for hydroxylation is 1. The number of rotatable bonds is 7. The molecule has 3 heterocycles. The molecular formula is C24H29N5O2. The maximum Gasteiger partial charge on any atom is 0.224 e. The molecule has 1 atom stereocenters. The number of hydrogen-bond donors (Lipinski definition) is 0. The van der Waals surface area contributed by atoms with Gasteiger partial charge in [-0.15, -0.1) is 0 Å². The van der Waals surface area contributed by atoms with Crippen LogP contribution in [0.25, 0.3) is 11.1 Å². The first kappa shape index (κ1) is 20.9. The first-order valence-electron chi connectivity index (χ1n) is 10.6. The maximum atomic E-state index is 13.0. The first-order chi connectivity index (χ1) is 15.0. The second kappa shape index (κ2) is 9.20. The van der Waals surface area contributed by atoms with Gasteiger partial charge in [-0.25, -0.2) is 0 Å². The summed E-state index contributed by atoms with van der Waals surface area (Å²) in [6, 6.07) is 12.1. The molecule has 0 radical (unpaired) electrons. The zero-order valence-corrected chi connectivity index (χ0v) is 18.4. The average Bonchev–Trinajstić information content (AvgIpc) is 3.47. The van der Waals surface area contributed by atoms with E-state index in [9.17, 15) is 4.79 Å². The zero-order valence-electron chi connectivity index (χ0n) is 18.4. The standard InChI is InChI=1S/C24H29N5O2/c1-27(20-6-4-7-21(14-20)31-3)13-11-24(30)29-12-5-8-23(29)22-10-9-18(15-25-22)19-16-26-28(2)17-19/h4,6-7,9-10,14-17,23H,5,8,11-13H2,1-3H3/t23-/m0/s1. The van der Waals surface area contributed by atoms with Gasteiger partial charge in [0.2, 0.25) is 5.91 Å². The number of carbonyl (C=O) groups excluding carboxylic acids is 1. The van der Waals surface area contributed by atoms with Crippen molar-refractivity contribution in [1.82, 2.24) is 19.7 Å². The number of ether oxygens (including phenoxy) is 1. The van der Waals surface area contributed by atoms with Crippen molar-refractivity contribution in [3.63, 3.8) is 0 Å². The lowest BCUT2D eigenvalue weighted by atomic mass is 10.1. The average molecular weight is 420 g/mol. The number of carbonyl (C=O) groups is 1. The van der Waals surface area contributed by atoms with Gasteiger partial charge in [-0.1, -0.05) is 12.1 Å². The quantitative estimate of drug-likeness (QED) is 0.585. The summed E-state index contributed by atoms with van der Waals surface area (Å²) < 4.78 is 7.08. The van der Waals surface area contributed by atoms with Gasteiger partial charge in [0.05, 0.1) is 25.0 Å². The summed E-state index contributed by atoms with van der Waals surface area (Å²) in [5.74, 6) is 0.992. The maximum absolute atomic E-state index is 13.0. The van der Waals surface area contributed by atoms with Crippen molar-refractivity contribution in [2.75, 3.05) is 32.1 Å². The third-order valence-electron chi connectivity index (χ3n) is 5.89. The fourth-order valence-corrected chi connectivity index (χ4v) is 4.10. The van der Waals surface area contributed by atoms with E-state index in [0.717, 1.165) is 47.6 Å². The summed E-state index contributed by atoms with van der Waals surface area (Å²) in [5, 5.41) is 4.22. The predicted molar refractivity (Wildman–Crippen MR) is 121 cm³/mol. The van der Waals surface area contributed by atoms with Crippen LogP contribution < -0.4 is 9.64 Å². The van der Waals surface area contributed by atoms with Crippen molar-refractivity contribution >= 4 is 11.6 Å². The van der Waals surface area contributed by atoms with Crippen LogP contribution in [0.2, 0.25) is 0 Å². The van der Waals surface area contributed by atoms with E-state index in [2.05, 4.69) is 21.0 Å². The van der Waals surface area contributed by atoms with Gasteiger partial charge in [0, 0.05) is 68.9 Å². The fraction of sp³-hybridized carbons (Fsp3) is 0.375. The monoisotopic (exact) mass is 419 g/mol. The molecule has 4 rings (SSSR count). The summed E-state index contributed by atoms with van der Waals surface area (Å²) >= 11 is 0. The molecule has 1 fully saturated rings. The van der Waals surface area contributed by atoms with E-state index >= 15 is 0 Å². The molecule has 7 nitrogen and oxygen atoms in total. The molecule has 162 valence electrons. The van der Waals surface area contributed by atoms with Gasteiger partial charge in [0.25, 0.3) is 0 Å². The normalized spacial score (nSPS) is 15.8. The molecule has 0 bridgehead atoms. The molecule has 1 amide bonds. The van der Waals surface area contributed by atoms with Crippen LogP contribution in [0.3, 0.4) is 0 Å². The van der Waals surface area contributed by atoms with Crippen LogP contribution in [0.4, 0.5) is 5.69 Å². The highest BCUT2D eigenvalue weighted by Crippen LogP contribution is 2.32. The largest absolute Gasteiger partial charge is 0.497 e. The van der Waals surface area contributed by atoms with Crippen molar-refractivity contribution in [1.29, 1.82) is 0 Å². The number of benzene rings is 1. The Morgan fingerprint density at radius 2 is 2.10 bits per heavy atom. The van der Waals surface area contributed by atoms with Crippen LogP contribution in [0.5, 0.6) is 5.75 Å². The molecule has 7 heteroatoms.